The predicted octanol–water partition coefficient (Wildman–Crippen LogP) is 2.20. The van der Waals surface area contributed by atoms with Crippen molar-refractivity contribution in [2.45, 2.75) is 20.4 Å². The number of rotatable bonds is 4. The number of hydrogen-bond acceptors (Lipinski definition) is 5. The van der Waals surface area contributed by atoms with Crippen molar-refractivity contribution in [3.05, 3.63) is 53.5 Å². The summed E-state index contributed by atoms with van der Waals surface area (Å²) in [6, 6.07) is 11.0. The van der Waals surface area contributed by atoms with Gasteiger partial charge in [-0.2, -0.15) is 0 Å². The third-order valence-corrected chi connectivity index (χ3v) is 4.12. The van der Waals surface area contributed by atoms with Gasteiger partial charge in [0.15, 0.2) is 11.6 Å². The van der Waals surface area contributed by atoms with Gasteiger partial charge < -0.3 is 9.73 Å². The summed E-state index contributed by atoms with van der Waals surface area (Å²) in [6.45, 7) is 3.86. The van der Waals surface area contributed by atoms with Crippen molar-refractivity contribution in [1.29, 1.82) is 0 Å². The smallest absolute Gasteiger partial charge is 0.325 e. The summed E-state index contributed by atoms with van der Waals surface area (Å²) >= 11 is 0. The van der Waals surface area contributed by atoms with E-state index < -0.39 is 6.03 Å². The average Bonchev–Trinajstić information content (AvgIpc) is 3.30. The predicted molar refractivity (Wildman–Crippen MR) is 92.5 cm³/mol. The standard InChI is InChI=1S/C18H17N5O3/c1-11-4-3-5-13(8-11)23-15(10-22-16(24)9-19-18(22)25)20-17(21-23)14-7-6-12(2)26-14/h3-8H,9-10H2,1-2H3,(H,19,25). The molecule has 0 bridgehead atoms. The Kier molecular flexibility index (Phi) is 3.80. The number of furan rings is 1. The molecule has 1 aromatic carbocycles. The van der Waals surface area contributed by atoms with Gasteiger partial charge in [-0.1, -0.05) is 12.1 Å². The summed E-state index contributed by atoms with van der Waals surface area (Å²) in [7, 11) is 0. The molecule has 1 aliphatic rings. The second-order valence-corrected chi connectivity index (χ2v) is 6.15. The summed E-state index contributed by atoms with van der Waals surface area (Å²) < 4.78 is 7.25. The molecule has 4 rings (SSSR count). The van der Waals surface area contributed by atoms with Crippen molar-refractivity contribution >= 4 is 11.9 Å². The molecule has 0 spiro atoms. The molecule has 0 saturated carbocycles. The van der Waals surface area contributed by atoms with Gasteiger partial charge in [0, 0.05) is 0 Å². The maximum absolute atomic E-state index is 11.9. The zero-order valence-electron chi connectivity index (χ0n) is 14.4. The Bertz CT molecular complexity index is 988. The van der Waals surface area contributed by atoms with Crippen LogP contribution in [0.2, 0.25) is 0 Å². The zero-order chi connectivity index (χ0) is 18.3. The SMILES string of the molecule is Cc1cccc(-n2nc(-c3ccc(C)o3)nc2CN2C(=O)CNC2=O)c1. The van der Waals surface area contributed by atoms with Gasteiger partial charge in [-0.3, -0.25) is 9.69 Å². The van der Waals surface area contributed by atoms with Gasteiger partial charge in [-0.15, -0.1) is 5.10 Å². The fourth-order valence-electron chi connectivity index (χ4n) is 2.83. The van der Waals surface area contributed by atoms with Crippen LogP contribution in [0.1, 0.15) is 17.1 Å². The fourth-order valence-corrected chi connectivity index (χ4v) is 2.83. The monoisotopic (exact) mass is 351 g/mol. The summed E-state index contributed by atoms with van der Waals surface area (Å²) in [6.07, 6.45) is 0. The minimum absolute atomic E-state index is 0.00164. The molecule has 0 radical (unpaired) electrons. The van der Waals surface area contributed by atoms with Crippen LogP contribution in [0.5, 0.6) is 0 Å². The average molecular weight is 351 g/mol. The van der Waals surface area contributed by atoms with Crippen molar-refractivity contribution < 1.29 is 14.0 Å². The molecule has 1 fully saturated rings. The minimum atomic E-state index is -0.427. The Morgan fingerprint density at radius 2 is 2.04 bits per heavy atom. The molecule has 132 valence electrons. The molecule has 1 aliphatic heterocycles. The van der Waals surface area contributed by atoms with Gasteiger partial charge in [0.25, 0.3) is 0 Å². The molecule has 3 amide bonds. The number of hydrogen-bond donors (Lipinski definition) is 1. The molecule has 3 heterocycles. The van der Waals surface area contributed by atoms with Crippen molar-refractivity contribution in [2.75, 3.05) is 6.54 Å². The lowest BCUT2D eigenvalue weighted by Gasteiger charge is -2.12. The highest BCUT2D eigenvalue weighted by molar-refractivity contribution is 6.01. The second kappa shape index (κ2) is 6.14. The van der Waals surface area contributed by atoms with Crippen LogP contribution in [0.15, 0.2) is 40.8 Å². The number of urea groups is 1. The number of nitrogens with one attached hydrogen (secondary N) is 1. The molecule has 8 heteroatoms. The quantitative estimate of drug-likeness (QED) is 0.727. The highest BCUT2D eigenvalue weighted by atomic mass is 16.3. The van der Waals surface area contributed by atoms with E-state index in [4.69, 9.17) is 4.42 Å². The van der Waals surface area contributed by atoms with Crippen LogP contribution in [0.3, 0.4) is 0 Å². The van der Waals surface area contributed by atoms with E-state index in [1.807, 2.05) is 44.2 Å². The van der Waals surface area contributed by atoms with Crippen LogP contribution in [-0.2, 0) is 11.3 Å². The van der Waals surface area contributed by atoms with Crippen molar-refractivity contribution in [3.63, 3.8) is 0 Å². The maximum atomic E-state index is 11.9. The van der Waals surface area contributed by atoms with E-state index in [2.05, 4.69) is 15.4 Å². The highest BCUT2D eigenvalue weighted by Crippen LogP contribution is 2.22. The normalized spacial score (nSPS) is 14.2. The molecule has 26 heavy (non-hydrogen) atoms. The largest absolute Gasteiger partial charge is 0.458 e. The number of aryl methyl sites for hydroxylation is 2. The van der Waals surface area contributed by atoms with Crippen LogP contribution in [0, 0.1) is 13.8 Å². The van der Waals surface area contributed by atoms with E-state index in [1.165, 1.54) is 0 Å². The first-order valence-corrected chi connectivity index (χ1v) is 8.19. The molecule has 3 aromatic rings. The van der Waals surface area contributed by atoms with E-state index in [9.17, 15) is 9.59 Å². The molecule has 0 atom stereocenters. The summed E-state index contributed by atoms with van der Waals surface area (Å²) in [4.78, 5) is 29.5. The Labute approximate surface area is 149 Å². The Morgan fingerprint density at radius 3 is 2.69 bits per heavy atom. The maximum Gasteiger partial charge on any atom is 0.325 e. The minimum Gasteiger partial charge on any atom is -0.458 e. The fraction of sp³-hybridized carbons (Fsp3) is 0.222. The molecule has 1 N–H and O–H groups in total. The topological polar surface area (TPSA) is 93.3 Å². The molecule has 2 aromatic heterocycles. The second-order valence-electron chi connectivity index (χ2n) is 6.15. The Hall–Kier alpha value is -3.42. The summed E-state index contributed by atoms with van der Waals surface area (Å²) in [5, 5.41) is 7.05. The molecular formula is C18H17N5O3. The Morgan fingerprint density at radius 1 is 1.19 bits per heavy atom. The van der Waals surface area contributed by atoms with Crippen LogP contribution in [-0.4, -0.2) is 38.1 Å². The first-order chi connectivity index (χ1) is 12.5. The van der Waals surface area contributed by atoms with Gasteiger partial charge in [0.05, 0.1) is 18.8 Å². The number of benzene rings is 1. The molecular weight excluding hydrogens is 334 g/mol. The number of imide groups is 1. The van der Waals surface area contributed by atoms with Crippen molar-refractivity contribution in [1.82, 2.24) is 25.0 Å². The molecule has 1 saturated heterocycles. The zero-order valence-corrected chi connectivity index (χ0v) is 14.4. The first-order valence-electron chi connectivity index (χ1n) is 8.19. The van der Waals surface area contributed by atoms with Gasteiger partial charge in [-0.25, -0.2) is 14.5 Å². The van der Waals surface area contributed by atoms with E-state index in [0.717, 1.165) is 21.9 Å². The van der Waals surface area contributed by atoms with E-state index in [-0.39, 0.29) is 19.0 Å². The summed E-state index contributed by atoms with van der Waals surface area (Å²) in [5.74, 6) is 1.88. The van der Waals surface area contributed by atoms with Crippen LogP contribution >= 0.6 is 0 Å². The summed E-state index contributed by atoms with van der Waals surface area (Å²) in [5.41, 5.74) is 1.86. The van der Waals surface area contributed by atoms with Crippen molar-refractivity contribution in [2.24, 2.45) is 0 Å². The van der Waals surface area contributed by atoms with Crippen LogP contribution in [0.4, 0.5) is 4.79 Å². The lowest BCUT2D eigenvalue weighted by atomic mass is 10.2. The van der Waals surface area contributed by atoms with Gasteiger partial charge in [0.2, 0.25) is 11.7 Å². The van der Waals surface area contributed by atoms with Crippen LogP contribution in [0.25, 0.3) is 17.3 Å². The third kappa shape index (κ3) is 2.85. The number of aromatic nitrogens is 3. The Balaban J connectivity index is 1.78. The lowest BCUT2D eigenvalue weighted by Crippen LogP contribution is -2.31. The van der Waals surface area contributed by atoms with E-state index in [0.29, 0.717) is 17.4 Å². The van der Waals surface area contributed by atoms with Gasteiger partial charge >= 0.3 is 6.03 Å². The number of carbonyl (C=O) groups is 2. The third-order valence-electron chi connectivity index (χ3n) is 4.12. The van der Waals surface area contributed by atoms with Gasteiger partial charge in [0.1, 0.15) is 5.76 Å². The number of carbonyl (C=O) groups excluding carboxylic acids is 2. The van der Waals surface area contributed by atoms with Gasteiger partial charge in [-0.05, 0) is 43.7 Å². The molecule has 0 aliphatic carbocycles. The van der Waals surface area contributed by atoms with Crippen LogP contribution < -0.4 is 5.32 Å². The van der Waals surface area contributed by atoms with E-state index >= 15 is 0 Å². The highest BCUT2D eigenvalue weighted by Gasteiger charge is 2.30. The molecule has 8 nitrogen and oxygen atoms in total. The van der Waals surface area contributed by atoms with Crippen molar-refractivity contribution in [3.8, 4) is 17.3 Å². The number of nitrogens with zero attached hydrogens (tertiary/aromatic N) is 4. The first kappa shape index (κ1) is 16.1. The number of amides is 3. The lowest BCUT2D eigenvalue weighted by molar-refractivity contribution is -0.125. The molecule has 0 unspecified atom stereocenters. The van der Waals surface area contributed by atoms with E-state index in [1.54, 1.807) is 10.7 Å².